The van der Waals surface area contributed by atoms with Crippen molar-refractivity contribution < 1.29 is 9.50 Å². The molecule has 0 aliphatic heterocycles. The van der Waals surface area contributed by atoms with Crippen LogP contribution in [0.2, 0.25) is 0 Å². The molecule has 2 aromatic rings. The summed E-state index contributed by atoms with van der Waals surface area (Å²) in [5.74, 6) is -0.224. The maximum Gasteiger partial charge on any atom is 0.132 e. The van der Waals surface area contributed by atoms with Crippen LogP contribution >= 0.6 is 0 Å². The molecule has 0 aliphatic carbocycles. The highest BCUT2D eigenvalue weighted by Crippen LogP contribution is 2.24. The van der Waals surface area contributed by atoms with Gasteiger partial charge in [-0.15, -0.1) is 0 Å². The fourth-order valence-electron chi connectivity index (χ4n) is 2.09. The Kier molecular flexibility index (Phi) is 3.69. The van der Waals surface area contributed by atoms with E-state index in [0.717, 1.165) is 35.9 Å². The number of fused-ring (bicyclic) bond motifs is 1. The van der Waals surface area contributed by atoms with E-state index in [9.17, 15) is 4.39 Å². The van der Waals surface area contributed by atoms with Gasteiger partial charge in [0, 0.05) is 23.9 Å². The van der Waals surface area contributed by atoms with Gasteiger partial charge in [0.1, 0.15) is 5.82 Å². The molecule has 0 aliphatic rings. The molecule has 0 amide bonds. The molecule has 1 aromatic heterocycles. The number of pyridine rings is 1. The molecular weight excluding hydrogens is 217 g/mol. The van der Waals surface area contributed by atoms with Crippen LogP contribution in [0.1, 0.15) is 24.1 Å². The molecule has 0 saturated carbocycles. The van der Waals surface area contributed by atoms with E-state index in [2.05, 4.69) is 4.98 Å². The van der Waals surface area contributed by atoms with E-state index >= 15 is 0 Å². The zero-order valence-electron chi connectivity index (χ0n) is 9.91. The summed E-state index contributed by atoms with van der Waals surface area (Å²) in [7, 11) is 0. The van der Waals surface area contributed by atoms with E-state index in [0.29, 0.717) is 5.39 Å². The number of aromatic nitrogens is 1. The second-order valence-electron chi connectivity index (χ2n) is 4.20. The maximum atomic E-state index is 13.6. The van der Waals surface area contributed by atoms with E-state index in [1.165, 1.54) is 6.07 Å². The van der Waals surface area contributed by atoms with Crippen molar-refractivity contribution in [3.8, 4) is 0 Å². The Morgan fingerprint density at radius 2 is 2.06 bits per heavy atom. The lowest BCUT2D eigenvalue weighted by Crippen LogP contribution is -1.97. The molecule has 90 valence electrons. The van der Waals surface area contributed by atoms with Crippen LogP contribution in [0.15, 0.2) is 24.4 Å². The van der Waals surface area contributed by atoms with Crippen LogP contribution in [0.25, 0.3) is 10.8 Å². The van der Waals surface area contributed by atoms with Crippen molar-refractivity contribution in [2.75, 3.05) is 6.61 Å². The molecule has 0 unspecified atom stereocenters. The lowest BCUT2D eigenvalue weighted by atomic mass is 10.00. The largest absolute Gasteiger partial charge is 0.396 e. The minimum atomic E-state index is -0.224. The first-order valence-electron chi connectivity index (χ1n) is 5.87. The zero-order chi connectivity index (χ0) is 12.3. The molecular formula is C14H16FNO. The third-order valence-electron chi connectivity index (χ3n) is 3.04. The molecule has 2 nitrogen and oxygen atoms in total. The number of aliphatic hydroxyl groups excluding tert-OH is 1. The van der Waals surface area contributed by atoms with Crippen LogP contribution < -0.4 is 0 Å². The predicted molar refractivity (Wildman–Crippen MR) is 66.5 cm³/mol. The number of hydrogen-bond donors (Lipinski definition) is 1. The number of aryl methyl sites for hydroxylation is 2. The van der Waals surface area contributed by atoms with Gasteiger partial charge in [-0.1, -0.05) is 12.1 Å². The maximum absolute atomic E-state index is 13.6. The van der Waals surface area contributed by atoms with Crippen molar-refractivity contribution in [2.45, 2.75) is 26.2 Å². The lowest BCUT2D eigenvalue weighted by Gasteiger charge is -2.09. The van der Waals surface area contributed by atoms with Gasteiger partial charge in [0.05, 0.1) is 0 Å². The summed E-state index contributed by atoms with van der Waals surface area (Å²) in [6.07, 6.45) is 4.09. The van der Waals surface area contributed by atoms with E-state index in [-0.39, 0.29) is 12.4 Å². The standard InChI is InChI=1S/C14H16FNO/c1-10-11(5-2-3-8-17)12-6-4-7-14(15)13(12)9-16-10/h4,6-7,9,17H,2-3,5,8H2,1H3. The first-order chi connectivity index (χ1) is 8.24. The van der Waals surface area contributed by atoms with Gasteiger partial charge in [0.15, 0.2) is 0 Å². The molecule has 17 heavy (non-hydrogen) atoms. The number of aliphatic hydroxyl groups is 1. The Morgan fingerprint density at radius 1 is 1.24 bits per heavy atom. The molecule has 0 spiro atoms. The summed E-state index contributed by atoms with van der Waals surface area (Å²) < 4.78 is 13.6. The van der Waals surface area contributed by atoms with Gasteiger partial charge in [0.25, 0.3) is 0 Å². The Balaban J connectivity index is 2.45. The van der Waals surface area contributed by atoms with Crippen molar-refractivity contribution in [2.24, 2.45) is 0 Å². The SMILES string of the molecule is Cc1ncc2c(F)cccc2c1CCCCO. The van der Waals surface area contributed by atoms with Crippen molar-refractivity contribution in [3.05, 3.63) is 41.5 Å². The Labute approximate surface area is 100 Å². The number of unbranched alkanes of at least 4 members (excludes halogenated alkanes) is 1. The van der Waals surface area contributed by atoms with Gasteiger partial charge in [-0.3, -0.25) is 4.98 Å². The normalized spacial score (nSPS) is 11.0. The molecule has 1 N–H and O–H groups in total. The van der Waals surface area contributed by atoms with Gasteiger partial charge in [-0.25, -0.2) is 4.39 Å². The van der Waals surface area contributed by atoms with Crippen molar-refractivity contribution in [1.29, 1.82) is 0 Å². The highest BCUT2D eigenvalue weighted by molar-refractivity contribution is 5.86. The van der Waals surface area contributed by atoms with Crippen LogP contribution in [0.3, 0.4) is 0 Å². The third-order valence-corrected chi connectivity index (χ3v) is 3.04. The molecule has 0 fully saturated rings. The summed E-state index contributed by atoms with van der Waals surface area (Å²) in [4.78, 5) is 4.24. The first kappa shape index (κ1) is 12.0. The van der Waals surface area contributed by atoms with Gasteiger partial charge < -0.3 is 5.11 Å². The number of hydrogen-bond acceptors (Lipinski definition) is 2. The Hall–Kier alpha value is -1.48. The van der Waals surface area contributed by atoms with E-state index in [1.54, 1.807) is 12.3 Å². The van der Waals surface area contributed by atoms with Crippen molar-refractivity contribution >= 4 is 10.8 Å². The minimum Gasteiger partial charge on any atom is -0.396 e. The number of benzene rings is 1. The number of halogens is 1. The quantitative estimate of drug-likeness (QED) is 0.823. The van der Waals surface area contributed by atoms with E-state index < -0.39 is 0 Å². The van der Waals surface area contributed by atoms with Crippen molar-refractivity contribution in [1.82, 2.24) is 4.98 Å². The fraction of sp³-hybridized carbons (Fsp3) is 0.357. The number of nitrogens with zero attached hydrogens (tertiary/aromatic N) is 1. The monoisotopic (exact) mass is 233 g/mol. The molecule has 2 rings (SSSR count). The van der Waals surface area contributed by atoms with E-state index in [4.69, 9.17) is 5.11 Å². The smallest absolute Gasteiger partial charge is 0.132 e. The van der Waals surface area contributed by atoms with Crippen LogP contribution in [0.4, 0.5) is 4.39 Å². The minimum absolute atomic E-state index is 0.200. The molecule has 1 aromatic carbocycles. The third kappa shape index (κ3) is 2.44. The highest BCUT2D eigenvalue weighted by atomic mass is 19.1. The first-order valence-corrected chi connectivity index (χ1v) is 5.87. The average Bonchev–Trinajstić information content (AvgIpc) is 2.32. The molecule has 3 heteroatoms. The average molecular weight is 233 g/mol. The van der Waals surface area contributed by atoms with E-state index in [1.807, 2.05) is 13.0 Å². The summed E-state index contributed by atoms with van der Waals surface area (Å²) in [6, 6.07) is 5.12. The van der Waals surface area contributed by atoms with Crippen LogP contribution in [0.5, 0.6) is 0 Å². The van der Waals surface area contributed by atoms with Gasteiger partial charge in [-0.05, 0) is 43.2 Å². The molecule has 0 atom stereocenters. The number of rotatable bonds is 4. The fourth-order valence-corrected chi connectivity index (χ4v) is 2.09. The second kappa shape index (κ2) is 5.23. The predicted octanol–water partition coefficient (Wildman–Crippen LogP) is 3.00. The summed E-state index contributed by atoms with van der Waals surface area (Å²) in [5, 5.41) is 10.3. The zero-order valence-corrected chi connectivity index (χ0v) is 9.91. The highest BCUT2D eigenvalue weighted by Gasteiger charge is 2.08. The van der Waals surface area contributed by atoms with Crippen LogP contribution in [-0.2, 0) is 6.42 Å². The van der Waals surface area contributed by atoms with Gasteiger partial charge in [0.2, 0.25) is 0 Å². The van der Waals surface area contributed by atoms with Gasteiger partial charge in [-0.2, -0.15) is 0 Å². The lowest BCUT2D eigenvalue weighted by molar-refractivity contribution is 0.284. The Morgan fingerprint density at radius 3 is 2.82 bits per heavy atom. The van der Waals surface area contributed by atoms with Crippen LogP contribution in [0, 0.1) is 12.7 Å². The molecule has 0 saturated heterocycles. The van der Waals surface area contributed by atoms with Crippen LogP contribution in [-0.4, -0.2) is 16.7 Å². The Bertz CT molecular complexity index is 525. The molecule has 1 heterocycles. The molecule has 0 bridgehead atoms. The topological polar surface area (TPSA) is 33.1 Å². The second-order valence-corrected chi connectivity index (χ2v) is 4.20. The summed E-state index contributed by atoms with van der Waals surface area (Å²) >= 11 is 0. The van der Waals surface area contributed by atoms with Crippen molar-refractivity contribution in [3.63, 3.8) is 0 Å². The molecule has 0 radical (unpaired) electrons. The van der Waals surface area contributed by atoms with Gasteiger partial charge >= 0.3 is 0 Å². The summed E-state index contributed by atoms with van der Waals surface area (Å²) in [6.45, 7) is 2.14. The summed E-state index contributed by atoms with van der Waals surface area (Å²) in [5.41, 5.74) is 2.04.